The van der Waals surface area contributed by atoms with Crippen molar-refractivity contribution in [3.63, 3.8) is 0 Å². The Labute approximate surface area is 215 Å². The number of pyridine rings is 2. The second kappa shape index (κ2) is 9.36. The molecule has 0 aliphatic carbocycles. The molecule has 2 aromatic heterocycles. The molecule has 0 radical (unpaired) electrons. The van der Waals surface area contributed by atoms with Crippen LogP contribution in [0.1, 0.15) is 41.3 Å². The first-order chi connectivity index (χ1) is 17.1. The molecule has 1 atom stereocenters. The molecule has 0 amide bonds. The summed E-state index contributed by atoms with van der Waals surface area (Å²) in [5, 5.41) is 1.26. The third-order valence-electron chi connectivity index (χ3n) is 7.13. The molecule has 0 saturated carbocycles. The van der Waals surface area contributed by atoms with Crippen LogP contribution in [0.25, 0.3) is 11.1 Å². The number of aromatic nitrogens is 2. The third-order valence-corrected chi connectivity index (χ3v) is 7.57. The predicted molar refractivity (Wildman–Crippen MR) is 139 cm³/mol. The molecule has 2 aromatic carbocycles. The Morgan fingerprint density at radius 3 is 2.37 bits per heavy atom. The molecule has 176 valence electrons. The summed E-state index contributed by atoms with van der Waals surface area (Å²) >= 11 is 12.6. The standard InChI is InChI=1S/C29H25Cl2N3O/c30-23-14-22(15-24(31)16-23)28-26-5-1-2-6-27(26)29(35-28)9-12-34(13-10-29)19-25-8-7-21(18-33-25)20-4-3-11-32-17-20/h1-8,11,14-18,28H,9-10,12-13,19H2. The van der Waals surface area contributed by atoms with Crippen LogP contribution in [0, 0.1) is 0 Å². The minimum absolute atomic E-state index is 0.157. The largest absolute Gasteiger partial charge is 0.358 e. The summed E-state index contributed by atoms with van der Waals surface area (Å²) in [5.74, 6) is 0. The summed E-state index contributed by atoms with van der Waals surface area (Å²) in [6.07, 6.45) is 7.30. The zero-order valence-corrected chi connectivity index (χ0v) is 20.7. The first-order valence-corrected chi connectivity index (χ1v) is 12.7. The normalized spacial score (nSPS) is 19.1. The number of halogens is 2. The number of ether oxygens (including phenoxy) is 1. The van der Waals surface area contributed by atoms with Crippen molar-refractivity contribution in [1.82, 2.24) is 14.9 Å². The Morgan fingerprint density at radius 2 is 1.66 bits per heavy atom. The Kier molecular flexibility index (Phi) is 6.07. The summed E-state index contributed by atoms with van der Waals surface area (Å²) in [6, 6.07) is 22.5. The molecule has 4 aromatic rings. The van der Waals surface area contributed by atoms with Gasteiger partial charge >= 0.3 is 0 Å². The SMILES string of the molecule is Clc1cc(Cl)cc(C2OC3(CCN(Cc4ccc(-c5cccnc5)cn4)CC3)c3ccccc32)c1. The lowest BCUT2D eigenvalue weighted by atomic mass is 9.83. The van der Waals surface area contributed by atoms with Crippen molar-refractivity contribution in [2.45, 2.75) is 31.1 Å². The van der Waals surface area contributed by atoms with Gasteiger partial charge in [-0.05, 0) is 59.9 Å². The van der Waals surface area contributed by atoms with E-state index in [9.17, 15) is 0 Å². The van der Waals surface area contributed by atoms with Gasteiger partial charge in [-0.3, -0.25) is 14.9 Å². The van der Waals surface area contributed by atoms with Gasteiger partial charge in [0.05, 0.1) is 11.3 Å². The number of piperidine rings is 1. The van der Waals surface area contributed by atoms with E-state index in [-0.39, 0.29) is 11.7 Å². The molecule has 1 unspecified atom stereocenters. The Hall–Kier alpha value is -2.76. The average molecular weight is 502 g/mol. The second-order valence-electron chi connectivity index (χ2n) is 9.34. The van der Waals surface area contributed by atoms with E-state index in [1.54, 1.807) is 12.3 Å². The fourth-order valence-electron chi connectivity index (χ4n) is 5.38. The van der Waals surface area contributed by atoms with Gasteiger partial charge in [-0.25, -0.2) is 0 Å². The molecule has 6 rings (SSSR count). The number of likely N-dealkylation sites (tertiary alicyclic amines) is 1. The summed E-state index contributed by atoms with van der Waals surface area (Å²) < 4.78 is 6.85. The zero-order chi connectivity index (χ0) is 23.8. The van der Waals surface area contributed by atoms with Crippen LogP contribution in [0.4, 0.5) is 0 Å². The molecule has 0 N–H and O–H groups in total. The lowest BCUT2D eigenvalue weighted by Crippen LogP contribution is -2.42. The van der Waals surface area contributed by atoms with Crippen molar-refractivity contribution < 1.29 is 4.74 Å². The first kappa shape index (κ1) is 22.7. The highest BCUT2D eigenvalue weighted by Crippen LogP contribution is 2.51. The molecule has 0 bridgehead atoms. The summed E-state index contributed by atoms with van der Waals surface area (Å²) in [5.41, 5.74) is 6.47. The number of hydrogen-bond donors (Lipinski definition) is 0. The van der Waals surface area contributed by atoms with Crippen molar-refractivity contribution in [2.24, 2.45) is 0 Å². The molecule has 4 heterocycles. The Bertz CT molecular complexity index is 1320. The van der Waals surface area contributed by atoms with Crippen molar-refractivity contribution in [3.8, 4) is 11.1 Å². The zero-order valence-electron chi connectivity index (χ0n) is 19.2. The van der Waals surface area contributed by atoms with E-state index >= 15 is 0 Å². The predicted octanol–water partition coefficient (Wildman–Crippen LogP) is 7.06. The Morgan fingerprint density at radius 1 is 0.886 bits per heavy atom. The molecule has 4 nitrogen and oxygen atoms in total. The maximum atomic E-state index is 6.85. The molecule has 1 saturated heterocycles. The molecule has 2 aliphatic heterocycles. The van der Waals surface area contributed by atoms with Crippen LogP contribution < -0.4 is 0 Å². The number of fused-ring (bicyclic) bond motifs is 2. The topological polar surface area (TPSA) is 38.2 Å². The summed E-state index contributed by atoms with van der Waals surface area (Å²) in [6.45, 7) is 2.73. The van der Waals surface area contributed by atoms with Gasteiger partial charge in [0, 0.05) is 59.4 Å². The maximum absolute atomic E-state index is 6.85. The maximum Gasteiger partial charge on any atom is 0.109 e. The van der Waals surface area contributed by atoms with Crippen LogP contribution in [0.15, 0.2) is 85.3 Å². The first-order valence-electron chi connectivity index (χ1n) is 11.9. The van der Waals surface area contributed by atoms with Gasteiger partial charge in [-0.15, -0.1) is 0 Å². The van der Waals surface area contributed by atoms with E-state index in [0.717, 1.165) is 54.9 Å². The van der Waals surface area contributed by atoms with Crippen LogP contribution in [0.5, 0.6) is 0 Å². The number of benzene rings is 2. The lowest BCUT2D eigenvalue weighted by molar-refractivity contribution is -0.0979. The van der Waals surface area contributed by atoms with E-state index in [2.05, 4.69) is 52.3 Å². The Balaban J connectivity index is 1.17. The van der Waals surface area contributed by atoms with Crippen LogP contribution in [-0.4, -0.2) is 28.0 Å². The van der Waals surface area contributed by atoms with E-state index in [0.29, 0.717) is 10.0 Å². The highest BCUT2D eigenvalue weighted by Gasteiger charge is 2.47. The van der Waals surface area contributed by atoms with Gasteiger partial charge in [0.2, 0.25) is 0 Å². The van der Waals surface area contributed by atoms with Crippen LogP contribution in [-0.2, 0) is 16.9 Å². The van der Waals surface area contributed by atoms with Crippen LogP contribution in [0.2, 0.25) is 10.0 Å². The summed E-state index contributed by atoms with van der Waals surface area (Å²) in [7, 11) is 0. The van der Waals surface area contributed by atoms with E-state index < -0.39 is 0 Å². The molecular weight excluding hydrogens is 477 g/mol. The van der Waals surface area contributed by atoms with Gasteiger partial charge in [0.1, 0.15) is 6.10 Å². The van der Waals surface area contributed by atoms with Gasteiger partial charge in [0.25, 0.3) is 0 Å². The van der Waals surface area contributed by atoms with Gasteiger partial charge in [0.15, 0.2) is 0 Å². The van der Waals surface area contributed by atoms with Crippen LogP contribution in [0.3, 0.4) is 0 Å². The molecule has 35 heavy (non-hydrogen) atoms. The average Bonchev–Trinajstić information content (AvgIpc) is 3.20. The smallest absolute Gasteiger partial charge is 0.109 e. The van der Waals surface area contributed by atoms with Gasteiger partial charge < -0.3 is 4.74 Å². The van der Waals surface area contributed by atoms with Crippen molar-refractivity contribution in [2.75, 3.05) is 13.1 Å². The van der Waals surface area contributed by atoms with E-state index in [4.69, 9.17) is 32.9 Å². The number of rotatable bonds is 4. The molecular formula is C29H25Cl2N3O. The van der Waals surface area contributed by atoms with E-state index in [1.807, 2.05) is 30.6 Å². The second-order valence-corrected chi connectivity index (χ2v) is 10.2. The van der Waals surface area contributed by atoms with Crippen LogP contribution >= 0.6 is 23.2 Å². The minimum atomic E-state index is -0.288. The van der Waals surface area contributed by atoms with E-state index in [1.165, 1.54) is 11.1 Å². The monoisotopic (exact) mass is 501 g/mol. The third kappa shape index (κ3) is 4.48. The van der Waals surface area contributed by atoms with Crippen molar-refractivity contribution in [3.05, 3.63) is 118 Å². The fraction of sp³-hybridized carbons (Fsp3) is 0.241. The lowest BCUT2D eigenvalue weighted by Gasteiger charge is -2.39. The number of nitrogens with zero attached hydrogens (tertiary/aromatic N) is 3. The van der Waals surface area contributed by atoms with Gasteiger partial charge in [-0.2, -0.15) is 0 Å². The highest BCUT2D eigenvalue weighted by molar-refractivity contribution is 6.34. The molecule has 6 heteroatoms. The molecule has 1 fully saturated rings. The number of hydrogen-bond acceptors (Lipinski definition) is 4. The van der Waals surface area contributed by atoms with Gasteiger partial charge in [-0.1, -0.05) is 59.6 Å². The highest BCUT2D eigenvalue weighted by atomic mass is 35.5. The van der Waals surface area contributed by atoms with Crippen molar-refractivity contribution in [1.29, 1.82) is 0 Å². The summed E-state index contributed by atoms with van der Waals surface area (Å²) in [4.78, 5) is 11.4. The molecule has 2 aliphatic rings. The molecule has 1 spiro atoms. The fourth-order valence-corrected chi connectivity index (χ4v) is 5.92. The minimum Gasteiger partial charge on any atom is -0.358 e. The quantitative estimate of drug-likeness (QED) is 0.300. The van der Waals surface area contributed by atoms with Crippen molar-refractivity contribution >= 4 is 23.2 Å².